The minimum atomic E-state index is 0.270. The molecule has 2 N–H and O–H groups in total. The van der Waals surface area contributed by atoms with Gasteiger partial charge in [0.2, 0.25) is 0 Å². The molecule has 1 aromatic rings. The lowest BCUT2D eigenvalue weighted by Gasteiger charge is -2.01. The first-order chi connectivity index (χ1) is 6.16. The Morgan fingerprint density at radius 1 is 1.54 bits per heavy atom. The van der Waals surface area contributed by atoms with Gasteiger partial charge in [-0.3, -0.25) is 0 Å². The third-order valence-corrected chi connectivity index (χ3v) is 2.31. The summed E-state index contributed by atoms with van der Waals surface area (Å²) >= 11 is 10.6. The lowest BCUT2D eigenvalue weighted by Crippen LogP contribution is -2.13. The number of hydrogen-bond acceptors (Lipinski definition) is 3. The highest BCUT2D eigenvalue weighted by Gasteiger charge is 2.27. The molecule has 0 bridgehead atoms. The van der Waals surface area contributed by atoms with E-state index in [0.29, 0.717) is 16.8 Å². The second-order valence-corrected chi connectivity index (χ2v) is 3.90. The molecular weight excluding hydrogens is 206 g/mol. The molecule has 0 atom stereocenters. The van der Waals surface area contributed by atoms with Crippen LogP contribution in [0, 0.1) is 0 Å². The lowest BCUT2D eigenvalue weighted by molar-refractivity contribution is 0.922. The molecule has 0 spiro atoms. The molecule has 68 valence electrons. The highest BCUT2D eigenvalue weighted by atomic mass is 35.5. The fourth-order valence-corrected chi connectivity index (χ4v) is 1.38. The van der Waals surface area contributed by atoms with Crippen LogP contribution < -0.4 is 5.73 Å². The Kier molecular flexibility index (Phi) is 2.17. The molecule has 13 heavy (non-hydrogen) atoms. The van der Waals surface area contributed by atoms with Crippen LogP contribution >= 0.6 is 23.8 Å². The fourth-order valence-electron chi connectivity index (χ4n) is 1.09. The fraction of sp³-hybridized carbons (Fsp3) is 0.375. The van der Waals surface area contributed by atoms with Crippen LogP contribution in [0.4, 0.5) is 0 Å². The molecule has 1 aromatic heterocycles. The van der Waals surface area contributed by atoms with E-state index in [9.17, 15) is 0 Å². The van der Waals surface area contributed by atoms with Gasteiger partial charge in [0.05, 0.1) is 0 Å². The zero-order valence-electron chi connectivity index (χ0n) is 6.83. The van der Waals surface area contributed by atoms with Gasteiger partial charge in [0.1, 0.15) is 21.7 Å². The van der Waals surface area contributed by atoms with E-state index in [0.717, 1.165) is 18.7 Å². The van der Waals surface area contributed by atoms with Gasteiger partial charge in [-0.1, -0.05) is 23.8 Å². The van der Waals surface area contributed by atoms with Crippen LogP contribution in [0.2, 0.25) is 5.15 Å². The van der Waals surface area contributed by atoms with Crippen LogP contribution in [0.1, 0.15) is 30.3 Å². The van der Waals surface area contributed by atoms with Crippen LogP contribution in [0.3, 0.4) is 0 Å². The number of rotatable bonds is 2. The van der Waals surface area contributed by atoms with E-state index in [2.05, 4.69) is 9.97 Å². The van der Waals surface area contributed by atoms with Crippen LogP contribution in [0.25, 0.3) is 0 Å². The Hall–Kier alpha value is -0.740. The molecule has 1 aliphatic rings. The van der Waals surface area contributed by atoms with Gasteiger partial charge in [0, 0.05) is 12.0 Å². The Morgan fingerprint density at radius 2 is 2.23 bits per heavy atom. The van der Waals surface area contributed by atoms with Crippen molar-refractivity contribution in [1.29, 1.82) is 0 Å². The topological polar surface area (TPSA) is 51.8 Å². The normalized spacial score (nSPS) is 15.8. The lowest BCUT2D eigenvalue weighted by atomic mass is 10.3. The molecule has 0 amide bonds. The average molecular weight is 214 g/mol. The van der Waals surface area contributed by atoms with Gasteiger partial charge in [-0.05, 0) is 12.8 Å². The van der Waals surface area contributed by atoms with Crippen molar-refractivity contribution in [3.63, 3.8) is 0 Å². The van der Waals surface area contributed by atoms with Crippen molar-refractivity contribution in [3.8, 4) is 0 Å². The number of halogens is 1. The van der Waals surface area contributed by atoms with E-state index >= 15 is 0 Å². The number of nitrogens with two attached hydrogens (primary N) is 1. The monoisotopic (exact) mass is 213 g/mol. The van der Waals surface area contributed by atoms with E-state index in [4.69, 9.17) is 29.6 Å². The summed E-state index contributed by atoms with van der Waals surface area (Å²) in [6.45, 7) is 0. The molecule has 3 nitrogen and oxygen atoms in total. The van der Waals surface area contributed by atoms with Gasteiger partial charge < -0.3 is 5.73 Å². The van der Waals surface area contributed by atoms with Crippen LogP contribution in [0.5, 0.6) is 0 Å². The van der Waals surface area contributed by atoms with Gasteiger partial charge in [-0.2, -0.15) is 0 Å². The zero-order chi connectivity index (χ0) is 9.42. The van der Waals surface area contributed by atoms with Crippen molar-refractivity contribution in [3.05, 3.63) is 22.7 Å². The highest BCUT2D eigenvalue weighted by molar-refractivity contribution is 7.80. The van der Waals surface area contributed by atoms with Gasteiger partial charge in [-0.25, -0.2) is 9.97 Å². The summed E-state index contributed by atoms with van der Waals surface area (Å²) in [6, 6.07) is 1.59. The van der Waals surface area contributed by atoms with Crippen molar-refractivity contribution in [2.24, 2.45) is 5.73 Å². The molecule has 1 saturated carbocycles. The van der Waals surface area contributed by atoms with E-state index < -0.39 is 0 Å². The van der Waals surface area contributed by atoms with Crippen molar-refractivity contribution >= 4 is 28.8 Å². The third kappa shape index (κ3) is 1.95. The number of hydrogen-bond donors (Lipinski definition) is 1. The molecule has 0 aromatic carbocycles. The molecule has 5 heteroatoms. The van der Waals surface area contributed by atoms with Gasteiger partial charge in [0.15, 0.2) is 0 Å². The first-order valence-electron chi connectivity index (χ1n) is 4.01. The standard InChI is InChI=1S/C8H8ClN3S/c9-6-3-5(7(10)13)11-8(12-6)4-1-2-4/h3-4H,1-2H2,(H2,10,13). The largest absolute Gasteiger partial charge is 0.388 e. The highest BCUT2D eigenvalue weighted by Crippen LogP contribution is 2.38. The number of thiocarbonyl (C=S) groups is 1. The molecule has 1 fully saturated rings. The predicted octanol–water partition coefficient (Wildman–Crippen LogP) is 1.64. The van der Waals surface area contributed by atoms with Crippen molar-refractivity contribution in [1.82, 2.24) is 9.97 Å². The Morgan fingerprint density at radius 3 is 2.77 bits per heavy atom. The molecule has 2 rings (SSSR count). The number of nitrogens with zero attached hydrogens (tertiary/aromatic N) is 2. The summed E-state index contributed by atoms with van der Waals surface area (Å²) in [4.78, 5) is 8.62. The van der Waals surface area contributed by atoms with Gasteiger partial charge in [0.25, 0.3) is 0 Å². The average Bonchev–Trinajstić information content (AvgIpc) is 2.85. The van der Waals surface area contributed by atoms with Crippen LogP contribution in [0.15, 0.2) is 6.07 Å². The van der Waals surface area contributed by atoms with Gasteiger partial charge in [-0.15, -0.1) is 0 Å². The van der Waals surface area contributed by atoms with Gasteiger partial charge >= 0.3 is 0 Å². The van der Waals surface area contributed by atoms with Crippen molar-refractivity contribution in [2.45, 2.75) is 18.8 Å². The first-order valence-corrected chi connectivity index (χ1v) is 4.79. The minimum Gasteiger partial charge on any atom is -0.388 e. The summed E-state index contributed by atoms with van der Waals surface area (Å²) < 4.78 is 0. The maximum atomic E-state index is 5.80. The molecule has 0 aliphatic heterocycles. The smallest absolute Gasteiger partial charge is 0.133 e. The second-order valence-electron chi connectivity index (χ2n) is 3.07. The van der Waals surface area contributed by atoms with Crippen LogP contribution in [-0.4, -0.2) is 15.0 Å². The first kappa shape index (κ1) is 8.84. The van der Waals surface area contributed by atoms with Crippen molar-refractivity contribution < 1.29 is 0 Å². The SMILES string of the molecule is NC(=S)c1cc(Cl)nc(C2CC2)n1. The minimum absolute atomic E-state index is 0.270. The predicted molar refractivity (Wildman–Crippen MR) is 54.9 cm³/mol. The van der Waals surface area contributed by atoms with E-state index in [1.807, 2.05) is 0 Å². The summed E-state index contributed by atoms with van der Waals surface area (Å²) in [6.07, 6.45) is 2.27. The Balaban J connectivity index is 2.41. The van der Waals surface area contributed by atoms with Crippen LogP contribution in [-0.2, 0) is 0 Å². The Labute approximate surface area is 86.3 Å². The summed E-state index contributed by atoms with van der Waals surface area (Å²) in [7, 11) is 0. The third-order valence-electron chi connectivity index (χ3n) is 1.91. The zero-order valence-corrected chi connectivity index (χ0v) is 8.40. The van der Waals surface area contributed by atoms with E-state index in [1.165, 1.54) is 0 Å². The molecular formula is C8H8ClN3S. The molecule has 1 heterocycles. The Bertz CT molecular complexity index is 362. The molecule has 0 unspecified atom stereocenters. The maximum absolute atomic E-state index is 5.80. The molecule has 1 aliphatic carbocycles. The summed E-state index contributed by atoms with van der Waals surface area (Å²) in [5.41, 5.74) is 6.02. The second kappa shape index (κ2) is 3.20. The van der Waals surface area contributed by atoms with E-state index in [1.54, 1.807) is 6.07 Å². The summed E-state index contributed by atoms with van der Waals surface area (Å²) in [5.74, 6) is 1.24. The quantitative estimate of drug-likeness (QED) is 0.600. The summed E-state index contributed by atoms with van der Waals surface area (Å²) in [5, 5.41) is 0.416. The number of aromatic nitrogens is 2. The van der Waals surface area contributed by atoms with Crippen molar-refractivity contribution in [2.75, 3.05) is 0 Å². The molecule has 0 saturated heterocycles. The maximum Gasteiger partial charge on any atom is 0.133 e. The molecule has 0 radical (unpaired) electrons. The van der Waals surface area contributed by atoms with E-state index in [-0.39, 0.29) is 4.99 Å².